The molecular formula is C20H16IN7NaO8S+. The normalized spacial score (nSPS) is 15.1. The van der Waals surface area contributed by atoms with Gasteiger partial charge in [-0.1, -0.05) is 5.11 Å². The van der Waals surface area contributed by atoms with E-state index in [0.29, 0.717) is 20.6 Å². The Morgan fingerprint density at radius 2 is 1.79 bits per heavy atom. The van der Waals surface area contributed by atoms with Crippen LogP contribution in [0.1, 0.15) is 23.2 Å². The van der Waals surface area contributed by atoms with Gasteiger partial charge in [0.05, 0.1) is 29.9 Å². The summed E-state index contributed by atoms with van der Waals surface area (Å²) in [4.78, 5) is 55.0. The van der Waals surface area contributed by atoms with Crippen molar-refractivity contribution in [2.24, 2.45) is 15.3 Å². The van der Waals surface area contributed by atoms with Gasteiger partial charge in [-0.25, -0.2) is 4.79 Å². The van der Waals surface area contributed by atoms with Crippen LogP contribution in [-0.2, 0) is 29.3 Å². The summed E-state index contributed by atoms with van der Waals surface area (Å²) in [5.74, 6) is -4.07. The number of hydrogen-bond donors (Lipinski definition) is 2. The molecule has 2 aromatic rings. The molecular weight excluding hydrogens is 648 g/mol. The number of carbonyl (C=O) groups excluding carboxylic acids is 4. The molecule has 0 radical (unpaired) electrons. The van der Waals surface area contributed by atoms with E-state index in [0.717, 1.165) is 0 Å². The van der Waals surface area contributed by atoms with Crippen LogP contribution in [0.15, 0.2) is 57.8 Å². The van der Waals surface area contributed by atoms with Gasteiger partial charge >= 0.3 is 35.5 Å². The first-order valence-electron chi connectivity index (χ1n) is 10.2. The molecule has 18 heteroatoms. The number of nitrogens with zero attached hydrogens (tertiary/aromatic N) is 6. The smallest absolute Gasteiger partial charge is 0.351 e. The molecule has 1 fully saturated rings. The minimum absolute atomic E-state index is 0. The monoisotopic (exact) mass is 664 g/mol. The number of rotatable bonds is 9. The molecule has 1 heterocycles. The van der Waals surface area contributed by atoms with Crippen molar-refractivity contribution >= 4 is 73.5 Å². The summed E-state index contributed by atoms with van der Waals surface area (Å²) >= 11 is 2.00. The number of nitrogens with one attached hydrogen (secondary N) is 1. The van der Waals surface area contributed by atoms with Crippen LogP contribution in [0.25, 0.3) is 10.4 Å². The van der Waals surface area contributed by atoms with E-state index >= 15 is 0 Å². The first-order chi connectivity index (χ1) is 17.5. The second-order valence-corrected chi connectivity index (χ2v) is 10.0. The molecule has 0 aliphatic carbocycles. The zero-order valence-electron chi connectivity index (χ0n) is 19.5. The average Bonchev–Trinajstić information content (AvgIpc) is 3.13. The van der Waals surface area contributed by atoms with Crippen LogP contribution < -0.4 is 34.9 Å². The Labute approximate surface area is 250 Å². The van der Waals surface area contributed by atoms with Crippen molar-refractivity contribution in [1.82, 2.24) is 10.4 Å². The molecule has 1 aliphatic rings. The minimum atomic E-state index is -4.83. The predicted molar refractivity (Wildman–Crippen MR) is 133 cm³/mol. The first-order valence-corrected chi connectivity index (χ1v) is 12.8. The van der Waals surface area contributed by atoms with Crippen LogP contribution in [0.2, 0.25) is 0 Å². The molecule has 0 spiro atoms. The van der Waals surface area contributed by atoms with Gasteiger partial charge < -0.3 is 10.2 Å². The van der Waals surface area contributed by atoms with Crippen LogP contribution in [-0.4, -0.2) is 53.5 Å². The summed E-state index contributed by atoms with van der Waals surface area (Å²) in [7, 11) is -4.83. The summed E-state index contributed by atoms with van der Waals surface area (Å²) in [6.45, 7) is -0.207. The number of hydrogen-bond acceptors (Lipinski definition) is 10. The molecule has 1 unspecified atom stereocenters. The van der Waals surface area contributed by atoms with E-state index in [1.165, 1.54) is 12.1 Å². The number of hydroxylamine groups is 2. The summed E-state index contributed by atoms with van der Waals surface area (Å²) < 4.78 is 31.9. The zero-order chi connectivity index (χ0) is 27.2. The Bertz CT molecular complexity index is 1450. The number of imide groups is 1. The van der Waals surface area contributed by atoms with E-state index in [9.17, 15) is 27.6 Å². The van der Waals surface area contributed by atoms with Crippen molar-refractivity contribution in [2.45, 2.75) is 18.1 Å². The molecule has 2 aromatic carbocycles. The fourth-order valence-corrected chi connectivity index (χ4v) is 4.23. The number of amides is 3. The average molecular weight is 664 g/mol. The molecule has 0 bridgehead atoms. The first kappa shape index (κ1) is 31.3. The molecule has 1 atom stereocenters. The fraction of sp³-hybridized carbons (Fsp3) is 0.200. The third kappa shape index (κ3) is 8.29. The molecule has 15 nitrogen and oxygen atoms in total. The summed E-state index contributed by atoms with van der Waals surface area (Å²) in [5.41, 5.74) is 10.2. The van der Waals surface area contributed by atoms with Crippen molar-refractivity contribution in [3.8, 4) is 0 Å². The molecule has 3 amide bonds. The van der Waals surface area contributed by atoms with Gasteiger partial charge in [0.2, 0.25) is 0 Å². The third-order valence-electron chi connectivity index (χ3n) is 4.72. The van der Waals surface area contributed by atoms with Crippen molar-refractivity contribution in [3.05, 3.63) is 62.0 Å². The minimum Gasteiger partial charge on any atom is -0.351 e. The van der Waals surface area contributed by atoms with E-state index in [-0.39, 0.29) is 46.7 Å². The molecule has 2 N–H and O–H groups in total. The van der Waals surface area contributed by atoms with Crippen LogP contribution in [0.3, 0.4) is 0 Å². The quantitative estimate of drug-likeness (QED) is 0.0718. The second-order valence-electron chi connectivity index (χ2n) is 7.28. The van der Waals surface area contributed by atoms with Gasteiger partial charge in [0.25, 0.3) is 27.8 Å². The van der Waals surface area contributed by atoms with Gasteiger partial charge in [-0.15, -0.1) is 5.06 Å². The number of halogens is 1. The zero-order valence-corrected chi connectivity index (χ0v) is 24.5. The third-order valence-corrected chi connectivity index (χ3v) is 6.68. The van der Waals surface area contributed by atoms with Crippen molar-refractivity contribution < 1.29 is 66.5 Å². The summed E-state index contributed by atoms with van der Waals surface area (Å²) in [6, 6.07) is 11.0. The van der Waals surface area contributed by atoms with Crippen LogP contribution in [0.4, 0.5) is 17.1 Å². The van der Waals surface area contributed by atoms with Gasteiger partial charge in [0.1, 0.15) is 0 Å². The molecule has 0 aromatic heterocycles. The largest absolute Gasteiger partial charge is 1.00 e. The van der Waals surface area contributed by atoms with Gasteiger partial charge in [-0.05, 0) is 70.6 Å². The molecule has 0 saturated carbocycles. The number of carbonyl (C=O) groups is 4. The molecule has 1 aliphatic heterocycles. The van der Waals surface area contributed by atoms with Crippen LogP contribution in [0, 0.1) is 3.57 Å². The summed E-state index contributed by atoms with van der Waals surface area (Å²) in [6.07, 6.45) is -1.27. The number of benzene rings is 2. The van der Waals surface area contributed by atoms with Crippen molar-refractivity contribution in [1.29, 1.82) is 0 Å². The molecule has 38 heavy (non-hydrogen) atoms. The van der Waals surface area contributed by atoms with E-state index < -0.39 is 51.9 Å². The maximum absolute atomic E-state index is 12.3. The van der Waals surface area contributed by atoms with Crippen LogP contribution in [0.5, 0.6) is 0 Å². The molecule has 192 valence electrons. The van der Waals surface area contributed by atoms with Gasteiger partial charge in [-0.2, -0.15) is 18.6 Å². The Morgan fingerprint density at radius 1 is 1.16 bits per heavy atom. The Hall–Kier alpha value is -2.93. The maximum Gasteiger partial charge on any atom is 1.00 e. The van der Waals surface area contributed by atoms with Crippen molar-refractivity contribution in [3.63, 3.8) is 0 Å². The molecule has 1 saturated heterocycles. The standard InChI is InChI=1S/C20H16IN7O8S.Na/c21-14-9-13(5-6-15(14)26-27-22)25-24-12-3-1-11(2-4-12)19(31)23-8-7-18(30)36-28-17(29)10-16(20(28)32)37(33,34)35;/h1-6,9,16H,7-8,10H2,(H,23,31)(H,33,34,35);/q;+1. The van der Waals surface area contributed by atoms with E-state index in [1.807, 2.05) is 22.6 Å². The Balaban J connectivity index is 0.00000507. The van der Waals surface area contributed by atoms with E-state index in [4.69, 9.17) is 10.1 Å². The topological polar surface area (TPSA) is 221 Å². The number of azide groups is 1. The summed E-state index contributed by atoms with van der Waals surface area (Å²) in [5, 5.41) is 12.1. The molecule has 3 rings (SSSR count). The van der Waals surface area contributed by atoms with Gasteiger partial charge in [0.15, 0.2) is 5.25 Å². The van der Waals surface area contributed by atoms with E-state index in [1.54, 1.807) is 30.3 Å². The van der Waals surface area contributed by atoms with Crippen molar-refractivity contribution in [2.75, 3.05) is 6.54 Å². The fourth-order valence-electron chi connectivity index (χ4n) is 2.92. The van der Waals surface area contributed by atoms with E-state index in [2.05, 4.69) is 30.4 Å². The Kier molecular flexibility index (Phi) is 11.3. The van der Waals surface area contributed by atoms with Gasteiger partial charge in [0, 0.05) is 20.6 Å². The number of azo groups is 1. The maximum atomic E-state index is 12.3. The predicted octanol–water partition coefficient (Wildman–Crippen LogP) is 0.246. The second kappa shape index (κ2) is 13.7. The Morgan fingerprint density at radius 3 is 2.37 bits per heavy atom. The van der Waals surface area contributed by atoms with Crippen LogP contribution >= 0.6 is 22.6 Å². The van der Waals surface area contributed by atoms with Gasteiger partial charge in [-0.3, -0.25) is 18.9 Å². The SMILES string of the molecule is [N-]=[N+]=Nc1ccc(N=Nc2ccc(C(=O)NCCC(=O)ON3C(=O)CC(S(=O)(=O)O)C3=O)cc2)cc1I.[Na+].